The van der Waals surface area contributed by atoms with Crippen molar-refractivity contribution in [1.82, 2.24) is 0 Å². The minimum atomic E-state index is -3.77. The monoisotopic (exact) mass is 512 g/mol. The first-order valence-electron chi connectivity index (χ1n) is 8.84. The highest BCUT2D eigenvalue weighted by Gasteiger charge is 2.40. The minimum Gasteiger partial charge on any atom is -0.474 e. The molecule has 0 aliphatic rings. The molecule has 0 spiro atoms. The Morgan fingerprint density at radius 2 is 1.61 bits per heavy atom. The molecule has 2 aromatic rings. The van der Waals surface area contributed by atoms with Crippen LogP contribution in [0.15, 0.2) is 47.5 Å². The predicted octanol–water partition coefficient (Wildman–Crippen LogP) is 7.20. The van der Waals surface area contributed by atoms with Gasteiger partial charge in [0.25, 0.3) is 0 Å². The van der Waals surface area contributed by atoms with Crippen molar-refractivity contribution in [1.29, 1.82) is 0 Å². The first kappa shape index (κ1) is 25.5. The summed E-state index contributed by atoms with van der Waals surface area (Å²) in [7, 11) is 1.45. The molecule has 0 saturated carbocycles. The summed E-state index contributed by atoms with van der Waals surface area (Å²) in [6.07, 6.45) is -4.08. The molecule has 11 heteroatoms. The van der Waals surface area contributed by atoms with Crippen molar-refractivity contribution >= 4 is 64.0 Å². The second kappa shape index (κ2) is 10.7. The number of rotatable bonds is 6. The molecule has 31 heavy (non-hydrogen) atoms. The van der Waals surface area contributed by atoms with Crippen molar-refractivity contribution in [2.75, 3.05) is 11.9 Å². The van der Waals surface area contributed by atoms with E-state index < -0.39 is 17.0 Å². The molecular weight excluding hydrogens is 496 g/mol. The smallest absolute Gasteiger partial charge is 0.428 e. The van der Waals surface area contributed by atoms with Gasteiger partial charge in [-0.05, 0) is 50.2 Å². The third-order valence-corrected chi connectivity index (χ3v) is 4.88. The zero-order valence-electron chi connectivity index (χ0n) is 16.6. The van der Waals surface area contributed by atoms with Gasteiger partial charge in [-0.2, -0.15) is 13.8 Å². The molecule has 2 amide bonds. The molecule has 0 unspecified atom stereocenters. The van der Waals surface area contributed by atoms with E-state index in [1.807, 2.05) is 0 Å². The van der Waals surface area contributed by atoms with Crippen LogP contribution in [0.1, 0.15) is 19.4 Å². The molecule has 2 aromatic carbocycles. The van der Waals surface area contributed by atoms with E-state index in [2.05, 4.69) is 9.73 Å². The largest absolute Gasteiger partial charge is 0.474 e. The maximum absolute atomic E-state index is 13.5. The number of aliphatic imine (C=N–C) groups is 1. The van der Waals surface area contributed by atoms with Crippen molar-refractivity contribution in [3.8, 4) is 5.75 Å². The van der Waals surface area contributed by atoms with E-state index in [1.54, 1.807) is 32.0 Å². The van der Waals surface area contributed by atoms with E-state index in [1.165, 1.54) is 36.2 Å². The molecule has 0 N–H and O–H groups in total. The van der Waals surface area contributed by atoms with Crippen LogP contribution in [0.4, 0.5) is 19.3 Å². The molecule has 0 radical (unpaired) electrons. The van der Waals surface area contributed by atoms with Crippen LogP contribution in [0.2, 0.25) is 10.0 Å². The Morgan fingerprint density at radius 1 is 1.06 bits per heavy atom. The van der Waals surface area contributed by atoms with E-state index in [0.717, 1.165) is 0 Å². The number of hydrogen-bond donors (Lipinski definition) is 0. The van der Waals surface area contributed by atoms with E-state index in [0.29, 0.717) is 5.69 Å². The Balaban J connectivity index is 2.28. The maximum atomic E-state index is 13.5. The topological polar surface area (TPSA) is 51.1 Å². The molecule has 0 heterocycles. The second-order valence-corrected chi connectivity index (χ2v) is 8.39. The fourth-order valence-electron chi connectivity index (χ4n) is 2.28. The molecule has 5 nitrogen and oxygen atoms in total. The van der Waals surface area contributed by atoms with Crippen LogP contribution in [-0.2, 0) is 4.74 Å². The molecule has 0 bridgehead atoms. The molecule has 0 aliphatic carbocycles. The predicted molar refractivity (Wildman–Crippen MR) is 121 cm³/mol. The zero-order chi connectivity index (χ0) is 23.3. The number of anilines is 1. The number of hydrogen-bond acceptors (Lipinski definition) is 3. The molecule has 2 rings (SSSR count). The summed E-state index contributed by atoms with van der Waals surface area (Å²) in [5, 5.41) is 0.531. The van der Waals surface area contributed by atoms with Crippen LogP contribution in [0.5, 0.6) is 5.75 Å². The Morgan fingerprint density at radius 3 is 2.10 bits per heavy atom. The number of ether oxygens (including phenoxy) is 2. The summed E-state index contributed by atoms with van der Waals surface area (Å²) in [6, 6.07) is 9.40. The van der Waals surface area contributed by atoms with Gasteiger partial charge >= 0.3 is 12.1 Å². The molecule has 0 fully saturated rings. The first-order valence-corrected chi connectivity index (χ1v) is 10.5. The van der Waals surface area contributed by atoms with Gasteiger partial charge in [0.15, 0.2) is 0 Å². The van der Waals surface area contributed by atoms with E-state index in [4.69, 9.17) is 51.1 Å². The van der Waals surface area contributed by atoms with Crippen LogP contribution in [0.25, 0.3) is 0 Å². The van der Waals surface area contributed by atoms with Crippen molar-refractivity contribution in [3.05, 3.63) is 58.1 Å². The Labute approximate surface area is 198 Å². The fourth-order valence-corrected chi connectivity index (χ4v) is 2.93. The molecular formula is C20H18Cl4F2N2O3. The number of benzene rings is 2. The number of amides is 2. The number of alkyl halides is 4. The number of carbonyl (C=O) groups is 1. The van der Waals surface area contributed by atoms with Crippen molar-refractivity contribution in [2.45, 2.75) is 30.9 Å². The van der Waals surface area contributed by atoms with Crippen LogP contribution < -0.4 is 9.64 Å². The van der Waals surface area contributed by atoms with Gasteiger partial charge in [0.2, 0.25) is 10.7 Å². The van der Waals surface area contributed by atoms with E-state index in [9.17, 15) is 13.6 Å². The zero-order valence-corrected chi connectivity index (χ0v) is 19.6. The number of halogens is 6. The highest BCUT2D eigenvalue weighted by molar-refractivity contribution is 6.44. The van der Waals surface area contributed by atoms with Crippen LogP contribution >= 0.6 is 46.4 Å². The fraction of sp³-hybridized carbons (Fsp3) is 0.300. The van der Waals surface area contributed by atoms with E-state index >= 15 is 0 Å². The second-order valence-electron chi connectivity index (χ2n) is 6.48. The van der Waals surface area contributed by atoms with Gasteiger partial charge in [0.05, 0.1) is 21.7 Å². The van der Waals surface area contributed by atoms with Crippen molar-refractivity contribution in [3.63, 3.8) is 0 Å². The van der Waals surface area contributed by atoms with Gasteiger partial charge in [-0.25, -0.2) is 4.79 Å². The Kier molecular flexibility index (Phi) is 8.77. The third-order valence-electron chi connectivity index (χ3n) is 3.74. The minimum absolute atomic E-state index is 0.0442. The number of urea groups is 1. The summed E-state index contributed by atoms with van der Waals surface area (Å²) in [5.41, 5.74) is 0.635. The summed E-state index contributed by atoms with van der Waals surface area (Å²) in [6.45, 7) is 3.52. The molecule has 0 atom stereocenters. The Hall–Kier alpha value is -1.80. The molecule has 168 valence electrons. The summed E-state index contributed by atoms with van der Waals surface area (Å²) >= 11 is 22.8. The van der Waals surface area contributed by atoms with Crippen LogP contribution in [0, 0.1) is 0 Å². The normalized spacial score (nSPS) is 12.3. The van der Waals surface area contributed by atoms with Crippen LogP contribution in [-0.4, -0.2) is 36.0 Å². The van der Waals surface area contributed by atoms with Gasteiger partial charge in [0, 0.05) is 12.7 Å². The lowest BCUT2D eigenvalue weighted by molar-refractivity contribution is -0.163. The molecule has 0 saturated heterocycles. The van der Waals surface area contributed by atoms with Crippen LogP contribution in [0.3, 0.4) is 0 Å². The lowest BCUT2D eigenvalue weighted by atomic mass is 10.2. The van der Waals surface area contributed by atoms with Crippen molar-refractivity contribution in [2.24, 2.45) is 4.99 Å². The van der Waals surface area contributed by atoms with Gasteiger partial charge in [0.1, 0.15) is 5.75 Å². The van der Waals surface area contributed by atoms with Crippen molar-refractivity contribution < 1.29 is 23.0 Å². The highest BCUT2D eigenvalue weighted by Crippen LogP contribution is 2.31. The first-order chi connectivity index (χ1) is 14.4. The number of nitrogens with zero attached hydrogens (tertiary/aromatic N) is 2. The molecule has 0 aromatic heterocycles. The SMILES string of the molecule is CC(C)OC(=NC(=O)N(C)c1ccc(OC(F)(F)C(Cl)Cl)cc1)c1c(Cl)cccc1Cl. The summed E-state index contributed by atoms with van der Waals surface area (Å²) in [4.78, 5) is 15.9. The van der Waals surface area contributed by atoms with Gasteiger partial charge in [-0.1, -0.05) is 52.5 Å². The molecule has 0 aliphatic heterocycles. The van der Waals surface area contributed by atoms with Gasteiger partial charge in [-0.15, -0.1) is 0 Å². The summed E-state index contributed by atoms with van der Waals surface area (Å²) in [5.74, 6) is -0.228. The van der Waals surface area contributed by atoms with Gasteiger partial charge < -0.3 is 9.47 Å². The number of carbonyl (C=O) groups excluding carboxylic acids is 1. The quantitative estimate of drug-likeness (QED) is 0.233. The maximum Gasteiger partial charge on any atom is 0.428 e. The Bertz CT molecular complexity index is 934. The lowest BCUT2D eigenvalue weighted by Crippen LogP contribution is -2.32. The average Bonchev–Trinajstić information content (AvgIpc) is 2.67. The third kappa shape index (κ3) is 6.84. The summed E-state index contributed by atoms with van der Waals surface area (Å²) < 4.78 is 37.1. The van der Waals surface area contributed by atoms with E-state index in [-0.39, 0.29) is 33.4 Å². The highest BCUT2D eigenvalue weighted by atomic mass is 35.5. The standard InChI is InChI=1S/C20H18Cl4F2N2O3/c1-11(2)30-17(16-14(21)5-4-6-15(16)22)27-19(29)28(3)12-7-9-13(10-8-12)31-20(25,26)18(23)24/h4-11,18H,1-3H3. The lowest BCUT2D eigenvalue weighted by Gasteiger charge is -2.20. The van der Waals surface area contributed by atoms with Gasteiger partial charge in [-0.3, -0.25) is 4.90 Å². The average molecular weight is 514 g/mol.